The molecule has 0 unspecified atom stereocenters. The Kier molecular flexibility index (Phi) is 9.71. The van der Waals surface area contributed by atoms with Crippen molar-refractivity contribution in [1.82, 2.24) is 0 Å². The molecule has 0 saturated heterocycles. The molecule has 0 radical (unpaired) electrons. The first kappa shape index (κ1) is 12.3. The third kappa shape index (κ3) is 8.45. The summed E-state index contributed by atoms with van der Waals surface area (Å²) in [7, 11) is 3.77. The summed E-state index contributed by atoms with van der Waals surface area (Å²) in [6, 6.07) is 0. The van der Waals surface area contributed by atoms with E-state index >= 15 is 0 Å². The first-order valence-corrected chi connectivity index (χ1v) is 6.63. The second-order valence-corrected chi connectivity index (χ2v) is 5.60. The van der Waals surface area contributed by atoms with Crippen LogP contribution in [-0.4, -0.2) is 46.4 Å². The van der Waals surface area contributed by atoms with Gasteiger partial charge in [0.25, 0.3) is 0 Å². The summed E-state index contributed by atoms with van der Waals surface area (Å²) in [6.45, 7) is 4.19. The second kappa shape index (κ2) is 9.44. The van der Waals surface area contributed by atoms with Crippen LogP contribution in [0.15, 0.2) is 0 Å². The number of hydrogen-bond acceptors (Lipinski definition) is 2. The lowest BCUT2D eigenvalue weighted by atomic mass is 10.5. The summed E-state index contributed by atoms with van der Waals surface area (Å²) in [6.07, 6.45) is 5.11. The third-order valence-corrected chi connectivity index (χ3v) is 3.94. The standard InChI is InChI=1S/C9H21O2P/c1-10-6-4-8-12(3)9-5-7-11-2/h4-9H2,1-3H3. The normalized spacial score (nSPS) is 11.0. The summed E-state index contributed by atoms with van der Waals surface area (Å²) < 4.78 is 10.0. The molecule has 0 atom stereocenters. The highest BCUT2D eigenvalue weighted by atomic mass is 31.1. The van der Waals surface area contributed by atoms with Crippen molar-refractivity contribution in [3.8, 4) is 0 Å². The average Bonchev–Trinajstić information content (AvgIpc) is 2.06. The van der Waals surface area contributed by atoms with Crippen LogP contribution in [0, 0.1) is 0 Å². The van der Waals surface area contributed by atoms with Crippen LogP contribution in [0.5, 0.6) is 0 Å². The van der Waals surface area contributed by atoms with Crippen molar-refractivity contribution >= 4 is 7.92 Å². The quantitative estimate of drug-likeness (QED) is 0.433. The van der Waals surface area contributed by atoms with Gasteiger partial charge >= 0.3 is 0 Å². The molecule has 3 heteroatoms. The molecule has 0 amide bonds. The SMILES string of the molecule is COCCCP(C)CCCOC. The van der Waals surface area contributed by atoms with E-state index in [2.05, 4.69) is 6.66 Å². The summed E-state index contributed by atoms with van der Waals surface area (Å²) in [4.78, 5) is 0. The lowest BCUT2D eigenvalue weighted by Gasteiger charge is -2.10. The molecule has 0 saturated carbocycles. The van der Waals surface area contributed by atoms with E-state index in [9.17, 15) is 0 Å². The Bertz CT molecular complexity index is 78.6. The molecule has 0 fully saturated rings. The molecule has 0 aliphatic rings. The number of rotatable bonds is 8. The van der Waals surface area contributed by atoms with Crippen molar-refractivity contribution in [3.63, 3.8) is 0 Å². The Morgan fingerprint density at radius 2 is 1.33 bits per heavy atom. The van der Waals surface area contributed by atoms with E-state index in [0.29, 0.717) is 0 Å². The molecule has 74 valence electrons. The number of methoxy groups -OCH3 is 2. The van der Waals surface area contributed by atoms with Gasteiger partial charge in [-0.2, -0.15) is 0 Å². The van der Waals surface area contributed by atoms with Crippen LogP contribution in [-0.2, 0) is 9.47 Å². The van der Waals surface area contributed by atoms with Crippen molar-refractivity contribution in [2.75, 3.05) is 46.4 Å². The molecule has 0 N–H and O–H groups in total. The molecule has 0 aromatic heterocycles. The van der Waals surface area contributed by atoms with Gasteiger partial charge in [-0.05, 0) is 31.8 Å². The topological polar surface area (TPSA) is 18.5 Å². The van der Waals surface area contributed by atoms with Gasteiger partial charge in [0.2, 0.25) is 0 Å². The monoisotopic (exact) mass is 192 g/mol. The maximum Gasteiger partial charge on any atom is 0.0465 e. The maximum absolute atomic E-state index is 5.00. The average molecular weight is 192 g/mol. The Morgan fingerprint density at radius 3 is 1.67 bits per heavy atom. The van der Waals surface area contributed by atoms with E-state index in [1.807, 2.05) is 0 Å². The van der Waals surface area contributed by atoms with E-state index in [1.54, 1.807) is 14.2 Å². The van der Waals surface area contributed by atoms with Gasteiger partial charge in [-0.15, -0.1) is 7.92 Å². The summed E-state index contributed by atoms with van der Waals surface area (Å²) in [5.41, 5.74) is 0. The zero-order chi connectivity index (χ0) is 9.23. The Hall–Kier alpha value is 0.350. The molecule has 2 nitrogen and oxygen atoms in total. The molecule has 0 rings (SSSR count). The van der Waals surface area contributed by atoms with Crippen LogP contribution in [0.3, 0.4) is 0 Å². The fraction of sp³-hybridized carbons (Fsp3) is 1.00. The van der Waals surface area contributed by atoms with Gasteiger partial charge < -0.3 is 9.47 Å². The largest absolute Gasteiger partial charge is 0.385 e. The smallest absolute Gasteiger partial charge is 0.0465 e. The lowest BCUT2D eigenvalue weighted by Crippen LogP contribution is -1.97. The Balaban J connectivity index is 3.04. The fourth-order valence-corrected chi connectivity index (χ4v) is 2.63. The minimum atomic E-state index is 0.236. The molecule has 12 heavy (non-hydrogen) atoms. The third-order valence-electron chi connectivity index (χ3n) is 1.78. The molecule has 0 heterocycles. The van der Waals surface area contributed by atoms with E-state index in [1.165, 1.54) is 25.2 Å². The highest BCUT2D eigenvalue weighted by Gasteiger charge is 1.99. The molecular formula is C9H21O2P. The molecule has 0 aliphatic carbocycles. The first-order valence-electron chi connectivity index (χ1n) is 4.47. The zero-order valence-electron chi connectivity index (χ0n) is 8.51. The van der Waals surface area contributed by atoms with Crippen molar-refractivity contribution in [3.05, 3.63) is 0 Å². The van der Waals surface area contributed by atoms with Crippen molar-refractivity contribution < 1.29 is 9.47 Å². The molecule has 0 spiro atoms. The molecular weight excluding hydrogens is 171 g/mol. The Morgan fingerprint density at radius 1 is 0.917 bits per heavy atom. The van der Waals surface area contributed by atoms with Crippen LogP contribution in [0.4, 0.5) is 0 Å². The van der Waals surface area contributed by atoms with E-state index < -0.39 is 0 Å². The zero-order valence-corrected chi connectivity index (χ0v) is 9.40. The molecule has 0 bridgehead atoms. The number of hydrogen-bond donors (Lipinski definition) is 0. The Labute approximate surface area is 77.4 Å². The first-order chi connectivity index (χ1) is 5.81. The van der Waals surface area contributed by atoms with E-state index in [0.717, 1.165) is 13.2 Å². The highest BCUT2D eigenvalue weighted by Crippen LogP contribution is 2.31. The van der Waals surface area contributed by atoms with Gasteiger partial charge in [-0.1, -0.05) is 0 Å². The van der Waals surface area contributed by atoms with Crippen molar-refractivity contribution in [2.24, 2.45) is 0 Å². The lowest BCUT2D eigenvalue weighted by molar-refractivity contribution is 0.198. The van der Waals surface area contributed by atoms with Gasteiger partial charge in [0.15, 0.2) is 0 Å². The van der Waals surface area contributed by atoms with E-state index in [-0.39, 0.29) is 7.92 Å². The van der Waals surface area contributed by atoms with Crippen LogP contribution in [0.2, 0.25) is 0 Å². The van der Waals surface area contributed by atoms with Crippen LogP contribution < -0.4 is 0 Å². The maximum atomic E-state index is 5.00. The van der Waals surface area contributed by atoms with Crippen LogP contribution in [0.25, 0.3) is 0 Å². The number of ether oxygens (including phenoxy) is 2. The van der Waals surface area contributed by atoms with Gasteiger partial charge in [-0.3, -0.25) is 0 Å². The predicted molar refractivity (Wildman–Crippen MR) is 55.6 cm³/mol. The van der Waals surface area contributed by atoms with Gasteiger partial charge in [-0.25, -0.2) is 0 Å². The minimum absolute atomic E-state index is 0.236. The highest BCUT2D eigenvalue weighted by molar-refractivity contribution is 7.56. The van der Waals surface area contributed by atoms with Gasteiger partial charge in [0, 0.05) is 27.4 Å². The predicted octanol–water partition coefficient (Wildman–Crippen LogP) is 2.17. The van der Waals surface area contributed by atoms with Gasteiger partial charge in [0.1, 0.15) is 0 Å². The summed E-state index contributed by atoms with van der Waals surface area (Å²) in [5, 5.41) is 0. The van der Waals surface area contributed by atoms with Crippen molar-refractivity contribution in [2.45, 2.75) is 12.8 Å². The molecule has 0 aliphatic heterocycles. The van der Waals surface area contributed by atoms with Gasteiger partial charge in [0.05, 0.1) is 0 Å². The molecule has 0 aromatic rings. The van der Waals surface area contributed by atoms with Crippen LogP contribution >= 0.6 is 7.92 Å². The fourth-order valence-electron chi connectivity index (χ4n) is 1.07. The summed E-state index contributed by atoms with van der Waals surface area (Å²) in [5.74, 6) is 0. The van der Waals surface area contributed by atoms with E-state index in [4.69, 9.17) is 9.47 Å². The summed E-state index contributed by atoms with van der Waals surface area (Å²) >= 11 is 0. The minimum Gasteiger partial charge on any atom is -0.385 e. The molecule has 0 aromatic carbocycles. The second-order valence-electron chi connectivity index (χ2n) is 3.00. The van der Waals surface area contributed by atoms with Crippen molar-refractivity contribution in [1.29, 1.82) is 0 Å². The van der Waals surface area contributed by atoms with Crippen LogP contribution in [0.1, 0.15) is 12.8 Å².